The lowest BCUT2D eigenvalue weighted by molar-refractivity contribution is 0.0265. The molecular formula is C30H45N5O4. The van der Waals surface area contributed by atoms with Crippen molar-refractivity contribution in [2.24, 2.45) is 11.8 Å². The zero-order chi connectivity index (χ0) is 28.2. The largest absolute Gasteiger partial charge is 0.465 e. The number of fused-ring (bicyclic) bond motifs is 1. The maximum Gasteiger partial charge on any atom is 0.407 e. The number of pyridine rings is 1. The van der Waals surface area contributed by atoms with Crippen LogP contribution < -0.4 is 10.2 Å². The first-order chi connectivity index (χ1) is 18.5. The molecule has 2 fully saturated rings. The molecule has 1 aliphatic carbocycles. The first-order valence-corrected chi connectivity index (χ1v) is 14.2. The van der Waals surface area contributed by atoms with Crippen LogP contribution in [0.2, 0.25) is 0 Å². The van der Waals surface area contributed by atoms with Gasteiger partial charge in [0, 0.05) is 43.6 Å². The van der Waals surface area contributed by atoms with E-state index in [0.717, 1.165) is 62.0 Å². The van der Waals surface area contributed by atoms with Gasteiger partial charge in [-0.15, -0.1) is 0 Å². The number of anilines is 1. The highest BCUT2D eigenvalue weighted by Crippen LogP contribution is 2.31. The van der Waals surface area contributed by atoms with E-state index in [4.69, 9.17) is 9.72 Å². The van der Waals surface area contributed by atoms with Crippen LogP contribution in [0.4, 0.5) is 10.6 Å². The van der Waals surface area contributed by atoms with Crippen molar-refractivity contribution in [2.75, 3.05) is 58.3 Å². The standard InChI is InChI=1S/C30H45N5O4/c1-30(2,3)35(29(37)38)18-22-12-10-21(11-13-22)17-31-28(36)25-16-27(32-26-9-7-6-8-24(25)26)34-19-23(20-34)39-15-14-33(4)5/h6-9,16,21-23H,10-15,17-20H2,1-5H3,(H,31,36)(H,37,38)/t21-,22-. The van der Waals surface area contributed by atoms with Gasteiger partial charge in [-0.2, -0.15) is 0 Å². The Bertz CT molecular complexity index is 1130. The Balaban J connectivity index is 1.32. The van der Waals surface area contributed by atoms with Gasteiger partial charge in [-0.05, 0) is 84.5 Å². The second kappa shape index (κ2) is 12.5. The zero-order valence-corrected chi connectivity index (χ0v) is 24.2. The molecule has 2 aliphatic rings. The van der Waals surface area contributed by atoms with Crippen molar-refractivity contribution in [3.8, 4) is 0 Å². The van der Waals surface area contributed by atoms with E-state index in [2.05, 4.69) is 15.1 Å². The minimum atomic E-state index is -0.855. The predicted molar refractivity (Wildman–Crippen MR) is 155 cm³/mol. The molecular weight excluding hydrogens is 494 g/mol. The van der Waals surface area contributed by atoms with Gasteiger partial charge in [0.1, 0.15) is 5.82 Å². The third kappa shape index (κ3) is 7.60. The van der Waals surface area contributed by atoms with Gasteiger partial charge < -0.3 is 29.9 Å². The van der Waals surface area contributed by atoms with Crippen molar-refractivity contribution in [3.05, 3.63) is 35.9 Å². The zero-order valence-electron chi connectivity index (χ0n) is 24.2. The van der Waals surface area contributed by atoms with Crippen LogP contribution in [0.5, 0.6) is 0 Å². The van der Waals surface area contributed by atoms with Crippen molar-refractivity contribution in [2.45, 2.75) is 58.1 Å². The number of hydrogen-bond acceptors (Lipinski definition) is 6. The lowest BCUT2D eigenvalue weighted by atomic mass is 9.81. The van der Waals surface area contributed by atoms with E-state index < -0.39 is 11.6 Å². The topological polar surface area (TPSA) is 98.2 Å². The number of likely N-dealkylation sites (N-methyl/N-ethyl adjacent to an activating group) is 1. The van der Waals surface area contributed by atoms with Crippen LogP contribution >= 0.6 is 0 Å². The molecule has 1 aromatic heterocycles. The van der Waals surface area contributed by atoms with Gasteiger partial charge in [0.15, 0.2) is 0 Å². The molecule has 2 amide bonds. The summed E-state index contributed by atoms with van der Waals surface area (Å²) in [4.78, 5) is 35.8. The molecule has 0 bridgehead atoms. The summed E-state index contributed by atoms with van der Waals surface area (Å²) < 4.78 is 5.95. The van der Waals surface area contributed by atoms with Crippen LogP contribution in [0.1, 0.15) is 56.8 Å². The fourth-order valence-corrected chi connectivity index (χ4v) is 5.49. The summed E-state index contributed by atoms with van der Waals surface area (Å²) in [7, 11) is 4.08. The van der Waals surface area contributed by atoms with Gasteiger partial charge in [0.05, 0.1) is 23.8 Å². The number of benzene rings is 1. The van der Waals surface area contributed by atoms with Crippen LogP contribution in [0.25, 0.3) is 10.9 Å². The normalized spacial score (nSPS) is 20.2. The second-order valence-electron chi connectivity index (χ2n) is 12.4. The van der Waals surface area contributed by atoms with Crippen LogP contribution in [0, 0.1) is 11.8 Å². The molecule has 2 heterocycles. The van der Waals surface area contributed by atoms with E-state index in [9.17, 15) is 14.7 Å². The van der Waals surface area contributed by atoms with Crippen molar-refractivity contribution >= 4 is 28.7 Å². The Labute approximate surface area is 232 Å². The number of para-hydroxylation sites is 1. The highest BCUT2D eigenvalue weighted by molar-refractivity contribution is 6.07. The molecule has 0 unspecified atom stereocenters. The van der Waals surface area contributed by atoms with Crippen molar-refractivity contribution < 1.29 is 19.4 Å². The van der Waals surface area contributed by atoms with E-state index in [0.29, 0.717) is 37.1 Å². The first kappa shape index (κ1) is 29.1. The fraction of sp³-hybridized carbons (Fsp3) is 0.633. The van der Waals surface area contributed by atoms with E-state index >= 15 is 0 Å². The lowest BCUT2D eigenvalue weighted by Gasteiger charge is -2.40. The number of carbonyl (C=O) groups is 2. The highest BCUT2D eigenvalue weighted by atomic mass is 16.5. The maximum atomic E-state index is 13.4. The smallest absolute Gasteiger partial charge is 0.407 e. The van der Waals surface area contributed by atoms with E-state index in [-0.39, 0.29) is 12.0 Å². The van der Waals surface area contributed by atoms with Crippen LogP contribution in [-0.2, 0) is 4.74 Å². The van der Waals surface area contributed by atoms with Gasteiger partial charge >= 0.3 is 6.09 Å². The molecule has 1 aliphatic heterocycles. The van der Waals surface area contributed by atoms with Crippen LogP contribution in [0.3, 0.4) is 0 Å². The average molecular weight is 540 g/mol. The van der Waals surface area contributed by atoms with Crippen molar-refractivity contribution in [1.29, 1.82) is 0 Å². The van der Waals surface area contributed by atoms with Crippen LogP contribution in [-0.4, -0.2) is 97.0 Å². The molecule has 0 radical (unpaired) electrons. The minimum Gasteiger partial charge on any atom is -0.465 e. The second-order valence-corrected chi connectivity index (χ2v) is 12.4. The summed E-state index contributed by atoms with van der Waals surface area (Å²) in [5.41, 5.74) is 1.07. The summed E-state index contributed by atoms with van der Waals surface area (Å²) in [6, 6.07) is 9.72. The SMILES string of the molecule is CN(C)CCOC1CN(c2cc(C(=O)NC[C@H]3CC[C@H](CN(C(=O)O)C(C)(C)C)CC3)c3ccccc3n2)C1. The molecule has 4 rings (SSSR count). The molecule has 214 valence electrons. The molecule has 1 saturated carbocycles. The molecule has 39 heavy (non-hydrogen) atoms. The van der Waals surface area contributed by atoms with Crippen LogP contribution in [0.15, 0.2) is 30.3 Å². The Hall–Kier alpha value is -2.91. The van der Waals surface area contributed by atoms with E-state index in [1.807, 2.05) is 65.2 Å². The van der Waals surface area contributed by atoms with Gasteiger partial charge in [-0.1, -0.05) is 18.2 Å². The number of carbonyl (C=O) groups excluding carboxylic acids is 1. The Morgan fingerprint density at radius 3 is 2.41 bits per heavy atom. The quantitative estimate of drug-likeness (QED) is 0.464. The molecule has 0 atom stereocenters. The summed E-state index contributed by atoms with van der Waals surface area (Å²) >= 11 is 0. The summed E-state index contributed by atoms with van der Waals surface area (Å²) in [6.45, 7) is 10.2. The molecule has 1 aromatic carbocycles. The number of nitrogens with one attached hydrogen (secondary N) is 1. The third-order valence-electron chi connectivity index (χ3n) is 8.01. The van der Waals surface area contributed by atoms with Crippen molar-refractivity contribution in [1.82, 2.24) is 20.1 Å². The minimum absolute atomic E-state index is 0.0685. The van der Waals surface area contributed by atoms with Gasteiger partial charge in [0.2, 0.25) is 0 Å². The number of hydrogen-bond donors (Lipinski definition) is 2. The molecule has 2 aromatic rings. The molecule has 9 nitrogen and oxygen atoms in total. The Morgan fingerprint density at radius 2 is 1.77 bits per heavy atom. The monoisotopic (exact) mass is 539 g/mol. The average Bonchev–Trinajstić information content (AvgIpc) is 2.86. The van der Waals surface area contributed by atoms with Gasteiger partial charge in [-0.25, -0.2) is 9.78 Å². The maximum absolute atomic E-state index is 13.4. The number of rotatable bonds is 10. The van der Waals surface area contributed by atoms with Crippen molar-refractivity contribution in [3.63, 3.8) is 0 Å². The predicted octanol–water partition coefficient (Wildman–Crippen LogP) is 4.32. The molecule has 9 heteroatoms. The third-order valence-corrected chi connectivity index (χ3v) is 8.01. The van der Waals surface area contributed by atoms with E-state index in [1.165, 1.54) is 0 Å². The Kier molecular flexibility index (Phi) is 9.33. The number of ether oxygens (including phenoxy) is 1. The molecule has 0 spiro atoms. The van der Waals surface area contributed by atoms with Gasteiger partial charge in [-0.3, -0.25) is 4.79 Å². The highest BCUT2D eigenvalue weighted by Gasteiger charge is 2.32. The number of nitrogens with zero attached hydrogens (tertiary/aromatic N) is 4. The number of amides is 2. The Morgan fingerprint density at radius 1 is 1.10 bits per heavy atom. The summed E-state index contributed by atoms with van der Waals surface area (Å²) in [5.74, 6) is 1.52. The fourth-order valence-electron chi connectivity index (χ4n) is 5.49. The molecule has 1 saturated heterocycles. The van der Waals surface area contributed by atoms with E-state index in [1.54, 1.807) is 4.90 Å². The van der Waals surface area contributed by atoms with Gasteiger partial charge in [0.25, 0.3) is 5.91 Å². The number of aromatic nitrogens is 1. The summed E-state index contributed by atoms with van der Waals surface area (Å²) in [6.07, 6.45) is 3.29. The lowest BCUT2D eigenvalue weighted by Crippen LogP contribution is -2.53. The summed E-state index contributed by atoms with van der Waals surface area (Å²) in [5, 5.41) is 13.7. The number of carboxylic acid groups (broad SMARTS) is 1. The molecule has 2 N–H and O–H groups in total. The first-order valence-electron chi connectivity index (χ1n) is 14.2.